The second-order valence-electron chi connectivity index (χ2n) is 8.79. The van der Waals surface area contributed by atoms with E-state index in [1.807, 2.05) is 60.7 Å². The smallest absolute Gasteiger partial charge is 0.305 e. The first-order valence-electron chi connectivity index (χ1n) is 12.6. The summed E-state index contributed by atoms with van der Waals surface area (Å²) in [7, 11) is 0. The van der Waals surface area contributed by atoms with E-state index in [1.54, 1.807) is 17.1 Å². The van der Waals surface area contributed by atoms with E-state index in [4.69, 9.17) is 4.74 Å². The molecule has 7 nitrogen and oxygen atoms in total. The summed E-state index contributed by atoms with van der Waals surface area (Å²) in [6.07, 6.45) is 5.29. The molecule has 2 rings (SSSR count). The molecule has 0 spiro atoms. The van der Waals surface area contributed by atoms with E-state index in [9.17, 15) is 19.5 Å². The van der Waals surface area contributed by atoms with Gasteiger partial charge in [0.15, 0.2) is 0 Å². The number of unbranched alkanes of at least 4 members (excludes halogenated alkanes) is 1. The number of hydrogen-bond donors (Lipinski definition) is 2. The molecule has 37 heavy (non-hydrogen) atoms. The Balaban J connectivity index is 2.09. The molecule has 0 bridgehead atoms. The Kier molecular flexibility index (Phi) is 13.5. The van der Waals surface area contributed by atoms with Crippen molar-refractivity contribution >= 4 is 17.8 Å². The molecule has 7 heteroatoms. The van der Waals surface area contributed by atoms with Gasteiger partial charge in [0.25, 0.3) is 0 Å². The van der Waals surface area contributed by atoms with Gasteiger partial charge in [-0.25, -0.2) is 0 Å². The Labute approximate surface area is 219 Å². The second kappa shape index (κ2) is 16.9. The zero-order chi connectivity index (χ0) is 26.9. The molecular weight excluding hydrogens is 468 g/mol. The normalized spacial score (nSPS) is 12.1. The van der Waals surface area contributed by atoms with Crippen molar-refractivity contribution in [2.24, 2.45) is 5.92 Å². The molecule has 198 valence electrons. The number of nitrogens with zero attached hydrogens (tertiary/aromatic N) is 1. The van der Waals surface area contributed by atoms with Crippen LogP contribution in [0.2, 0.25) is 0 Å². The zero-order valence-electron chi connectivity index (χ0n) is 21.4. The molecule has 2 amide bonds. The predicted molar refractivity (Wildman–Crippen MR) is 144 cm³/mol. The lowest BCUT2D eigenvalue weighted by Gasteiger charge is -2.26. The van der Waals surface area contributed by atoms with Crippen LogP contribution >= 0.6 is 0 Å². The van der Waals surface area contributed by atoms with E-state index in [2.05, 4.69) is 18.5 Å². The lowest BCUT2D eigenvalue weighted by molar-refractivity contribution is -0.145. The molecule has 0 radical (unpaired) electrons. The van der Waals surface area contributed by atoms with Crippen molar-refractivity contribution in [1.29, 1.82) is 0 Å². The number of nitrogens with one attached hydrogen (secondary N) is 1. The van der Waals surface area contributed by atoms with Crippen LogP contribution in [-0.2, 0) is 25.7 Å². The number of aliphatic hydroxyl groups excluding tert-OH is 1. The number of carbonyl (C=O) groups is 3. The second-order valence-corrected chi connectivity index (χ2v) is 8.79. The summed E-state index contributed by atoms with van der Waals surface area (Å²) in [5.74, 6) is -1.55. The molecule has 2 aromatic rings. The Hall–Kier alpha value is -3.71. The van der Waals surface area contributed by atoms with E-state index in [0.29, 0.717) is 19.4 Å². The maximum Gasteiger partial charge on any atom is 0.305 e. The highest BCUT2D eigenvalue weighted by atomic mass is 16.5. The molecule has 2 atom stereocenters. The number of benzene rings is 2. The monoisotopic (exact) mass is 506 g/mol. The van der Waals surface area contributed by atoms with Crippen LogP contribution in [0, 0.1) is 5.92 Å². The van der Waals surface area contributed by atoms with Gasteiger partial charge in [-0.3, -0.25) is 14.4 Å². The van der Waals surface area contributed by atoms with E-state index < -0.39 is 12.0 Å². The van der Waals surface area contributed by atoms with Crippen LogP contribution in [0.15, 0.2) is 86.0 Å². The van der Waals surface area contributed by atoms with Gasteiger partial charge < -0.3 is 20.1 Å². The lowest BCUT2D eigenvalue weighted by atomic mass is 9.98. The number of rotatable bonds is 17. The maximum absolute atomic E-state index is 13.3. The predicted octanol–water partition coefficient (Wildman–Crippen LogP) is 4.35. The average molecular weight is 507 g/mol. The summed E-state index contributed by atoms with van der Waals surface area (Å²) in [5.41, 5.74) is 1.73. The maximum atomic E-state index is 13.3. The van der Waals surface area contributed by atoms with Gasteiger partial charge in [0.1, 0.15) is 6.61 Å². The molecule has 2 N–H and O–H groups in total. The minimum absolute atomic E-state index is 0.0118. The standard InChI is InChI=1S/C30H38N2O5/c1-3-5-8-18-29(35)37-23-27(25-16-11-7-12-17-25)31-30(36)26(13-4-2)21-28(34)32(19-20-33)22-24-14-9-6-10-15-24/h3-4,6-7,9-12,14-17,26-27,33H,1-2,5,8,13,18-23H2,(H,31,36)/t26-,27+/m0/s1. The Bertz CT molecular complexity index is 994. The van der Waals surface area contributed by atoms with Crippen LogP contribution < -0.4 is 5.32 Å². The topological polar surface area (TPSA) is 95.9 Å². The quantitative estimate of drug-likeness (QED) is 0.189. The van der Waals surface area contributed by atoms with E-state index >= 15 is 0 Å². The van der Waals surface area contributed by atoms with Crippen LogP contribution in [0.1, 0.15) is 49.3 Å². The summed E-state index contributed by atoms with van der Waals surface area (Å²) in [5, 5.41) is 12.5. The average Bonchev–Trinajstić information content (AvgIpc) is 2.91. The summed E-state index contributed by atoms with van der Waals surface area (Å²) < 4.78 is 5.45. The minimum Gasteiger partial charge on any atom is -0.463 e. The molecule has 0 fully saturated rings. The highest BCUT2D eigenvalue weighted by Crippen LogP contribution is 2.19. The fourth-order valence-corrected chi connectivity index (χ4v) is 3.88. The van der Waals surface area contributed by atoms with Crippen LogP contribution in [0.5, 0.6) is 0 Å². The number of allylic oxidation sites excluding steroid dienone is 2. The van der Waals surface area contributed by atoms with Crippen molar-refractivity contribution < 1.29 is 24.2 Å². The van der Waals surface area contributed by atoms with Crippen molar-refractivity contribution in [1.82, 2.24) is 10.2 Å². The number of aliphatic hydroxyl groups is 1. The molecule has 0 saturated heterocycles. The van der Waals surface area contributed by atoms with Gasteiger partial charge >= 0.3 is 5.97 Å². The van der Waals surface area contributed by atoms with Crippen LogP contribution in [0.3, 0.4) is 0 Å². The Morgan fingerprint density at radius 1 is 1.00 bits per heavy atom. The SMILES string of the molecule is C=CCCCC(=O)OC[C@@H](NC(=O)[C@@H](CC=C)CC(=O)N(CCO)Cc1ccccc1)c1ccccc1. The van der Waals surface area contributed by atoms with Crippen LogP contribution in [-0.4, -0.2) is 47.5 Å². The van der Waals surface area contributed by atoms with Gasteiger partial charge in [-0.15, -0.1) is 13.2 Å². The van der Waals surface area contributed by atoms with Crippen molar-refractivity contribution in [3.63, 3.8) is 0 Å². The highest BCUT2D eigenvalue weighted by Gasteiger charge is 2.27. The third-order valence-corrected chi connectivity index (χ3v) is 5.90. The fraction of sp³-hybridized carbons (Fsp3) is 0.367. The number of amides is 2. The van der Waals surface area contributed by atoms with Gasteiger partial charge in [-0.05, 0) is 30.4 Å². The summed E-state index contributed by atoms with van der Waals surface area (Å²) in [6, 6.07) is 18.2. The molecular formula is C30H38N2O5. The number of hydrogen-bond acceptors (Lipinski definition) is 5. The molecule has 0 unspecified atom stereocenters. The first kappa shape index (κ1) is 29.5. The van der Waals surface area contributed by atoms with Crippen molar-refractivity contribution in [2.75, 3.05) is 19.8 Å². The van der Waals surface area contributed by atoms with Gasteiger partial charge in [0.05, 0.1) is 18.6 Å². The van der Waals surface area contributed by atoms with Crippen LogP contribution in [0.4, 0.5) is 0 Å². The van der Waals surface area contributed by atoms with Gasteiger partial charge in [-0.1, -0.05) is 72.8 Å². The largest absolute Gasteiger partial charge is 0.463 e. The molecule has 0 aliphatic carbocycles. The van der Waals surface area contributed by atoms with Gasteiger partial charge in [0, 0.05) is 25.9 Å². The van der Waals surface area contributed by atoms with Crippen molar-refractivity contribution in [3.05, 3.63) is 97.1 Å². The summed E-state index contributed by atoms with van der Waals surface area (Å²) in [4.78, 5) is 40.2. The van der Waals surface area contributed by atoms with Gasteiger partial charge in [0.2, 0.25) is 11.8 Å². The molecule has 0 aromatic heterocycles. The molecule has 0 aliphatic rings. The fourth-order valence-electron chi connectivity index (χ4n) is 3.88. The molecule has 2 aromatic carbocycles. The minimum atomic E-state index is -0.656. The number of esters is 1. The zero-order valence-corrected chi connectivity index (χ0v) is 21.4. The molecule has 0 aliphatic heterocycles. The summed E-state index contributed by atoms with van der Waals surface area (Å²) in [6.45, 7) is 7.73. The third-order valence-electron chi connectivity index (χ3n) is 5.90. The number of ether oxygens (including phenoxy) is 1. The van der Waals surface area contributed by atoms with E-state index in [1.165, 1.54) is 0 Å². The molecule has 0 saturated carbocycles. The van der Waals surface area contributed by atoms with E-state index in [0.717, 1.165) is 17.5 Å². The van der Waals surface area contributed by atoms with Gasteiger partial charge in [-0.2, -0.15) is 0 Å². The lowest BCUT2D eigenvalue weighted by Crippen LogP contribution is -2.40. The highest BCUT2D eigenvalue weighted by molar-refractivity contribution is 5.86. The third kappa shape index (κ3) is 10.8. The first-order chi connectivity index (χ1) is 18.0. The Morgan fingerprint density at radius 2 is 1.68 bits per heavy atom. The van der Waals surface area contributed by atoms with Crippen LogP contribution in [0.25, 0.3) is 0 Å². The summed E-state index contributed by atoms with van der Waals surface area (Å²) >= 11 is 0. The first-order valence-corrected chi connectivity index (χ1v) is 12.6. The number of carbonyl (C=O) groups excluding carboxylic acids is 3. The van der Waals surface area contributed by atoms with Crippen molar-refractivity contribution in [2.45, 2.75) is 44.7 Å². The van der Waals surface area contributed by atoms with E-state index in [-0.39, 0.29) is 50.4 Å². The molecule has 0 heterocycles. The Morgan fingerprint density at radius 3 is 2.30 bits per heavy atom. The van der Waals surface area contributed by atoms with Crippen molar-refractivity contribution in [3.8, 4) is 0 Å².